The molecule has 6 aromatic rings. The Morgan fingerprint density at radius 1 is 0.815 bits per heavy atom. The molecule has 0 atom stereocenters. The fraction of sp³-hybridized carbons (Fsp3) is 0.160. The van der Waals surface area contributed by atoms with Gasteiger partial charge in [0, 0.05) is 16.8 Å². The SMILES string of the molecule is Cc1ccc2c(c1)c1cc(C)c(C)c3c1n2c1cccc2cc[n+](C)c3c21. The summed E-state index contributed by atoms with van der Waals surface area (Å²) in [5, 5.41) is 6.74. The van der Waals surface area contributed by atoms with E-state index in [1.807, 2.05) is 0 Å². The average molecular weight is 349 g/mol. The van der Waals surface area contributed by atoms with Gasteiger partial charge in [0.1, 0.15) is 7.05 Å². The van der Waals surface area contributed by atoms with Crippen molar-refractivity contribution in [1.29, 1.82) is 0 Å². The minimum Gasteiger partial charge on any atom is -0.307 e. The molecule has 0 radical (unpaired) electrons. The van der Waals surface area contributed by atoms with Crippen LogP contribution in [0.1, 0.15) is 16.7 Å². The molecule has 6 rings (SSSR count). The Balaban J connectivity index is 2.15. The highest BCUT2D eigenvalue weighted by Gasteiger charge is 2.24. The zero-order valence-corrected chi connectivity index (χ0v) is 16.1. The maximum absolute atomic E-state index is 2.49. The van der Waals surface area contributed by atoms with Crippen LogP contribution in [0.2, 0.25) is 0 Å². The second-order valence-corrected chi connectivity index (χ2v) is 7.96. The van der Waals surface area contributed by atoms with Crippen LogP contribution >= 0.6 is 0 Å². The molecule has 0 bridgehead atoms. The largest absolute Gasteiger partial charge is 0.307 e. The van der Waals surface area contributed by atoms with Crippen LogP contribution in [0.3, 0.4) is 0 Å². The first-order valence-electron chi connectivity index (χ1n) is 9.53. The average Bonchev–Trinajstić information content (AvgIpc) is 2.97. The predicted molar refractivity (Wildman–Crippen MR) is 114 cm³/mol. The molecule has 0 unspecified atom stereocenters. The van der Waals surface area contributed by atoms with Crippen molar-refractivity contribution in [2.24, 2.45) is 7.05 Å². The Hall–Kier alpha value is -3.13. The molecule has 0 saturated heterocycles. The van der Waals surface area contributed by atoms with E-state index in [1.165, 1.54) is 65.7 Å². The summed E-state index contributed by atoms with van der Waals surface area (Å²) in [5.74, 6) is 0. The van der Waals surface area contributed by atoms with Crippen molar-refractivity contribution in [2.75, 3.05) is 0 Å². The van der Waals surface area contributed by atoms with Crippen molar-refractivity contribution in [3.05, 3.63) is 71.4 Å². The molecule has 27 heavy (non-hydrogen) atoms. The van der Waals surface area contributed by atoms with Crippen LogP contribution in [-0.2, 0) is 7.05 Å². The van der Waals surface area contributed by atoms with E-state index in [9.17, 15) is 0 Å². The van der Waals surface area contributed by atoms with Gasteiger partial charge < -0.3 is 4.40 Å². The molecule has 0 aliphatic carbocycles. The molecule has 0 aliphatic heterocycles. The van der Waals surface area contributed by atoms with Gasteiger partial charge in [-0.2, -0.15) is 0 Å². The summed E-state index contributed by atoms with van der Waals surface area (Å²) in [6.07, 6.45) is 2.19. The molecule has 3 heterocycles. The van der Waals surface area contributed by atoms with Crippen molar-refractivity contribution in [2.45, 2.75) is 20.8 Å². The first-order valence-corrected chi connectivity index (χ1v) is 9.53. The lowest BCUT2D eigenvalue weighted by Gasteiger charge is -2.13. The summed E-state index contributed by atoms with van der Waals surface area (Å²) in [4.78, 5) is 0. The lowest BCUT2D eigenvalue weighted by molar-refractivity contribution is -0.643. The van der Waals surface area contributed by atoms with Crippen LogP contribution in [0.25, 0.3) is 49.0 Å². The third kappa shape index (κ3) is 1.69. The smallest absolute Gasteiger partial charge is 0.224 e. The summed E-state index contributed by atoms with van der Waals surface area (Å²) in [5.41, 5.74) is 9.31. The van der Waals surface area contributed by atoms with Gasteiger partial charge in [0.15, 0.2) is 6.20 Å². The van der Waals surface area contributed by atoms with E-state index >= 15 is 0 Å². The third-order valence-corrected chi connectivity index (χ3v) is 6.35. The molecule has 3 aromatic heterocycles. The lowest BCUT2D eigenvalue weighted by atomic mass is 9.96. The van der Waals surface area contributed by atoms with E-state index < -0.39 is 0 Å². The van der Waals surface area contributed by atoms with Gasteiger partial charge in [0.2, 0.25) is 5.52 Å². The van der Waals surface area contributed by atoms with Gasteiger partial charge in [-0.1, -0.05) is 23.8 Å². The Morgan fingerprint density at radius 2 is 1.67 bits per heavy atom. The summed E-state index contributed by atoms with van der Waals surface area (Å²) < 4.78 is 4.78. The first-order chi connectivity index (χ1) is 13.1. The lowest BCUT2D eigenvalue weighted by Crippen LogP contribution is -2.29. The van der Waals surface area contributed by atoms with E-state index in [1.54, 1.807) is 0 Å². The molecular weight excluding hydrogens is 328 g/mol. The zero-order chi connectivity index (χ0) is 18.4. The quantitative estimate of drug-likeness (QED) is 0.188. The van der Waals surface area contributed by atoms with Gasteiger partial charge in [-0.15, -0.1) is 0 Å². The van der Waals surface area contributed by atoms with Gasteiger partial charge in [-0.25, -0.2) is 4.57 Å². The maximum atomic E-state index is 2.49. The monoisotopic (exact) mass is 349 g/mol. The van der Waals surface area contributed by atoms with Crippen molar-refractivity contribution in [3.8, 4) is 0 Å². The second kappa shape index (κ2) is 4.77. The molecule has 130 valence electrons. The van der Waals surface area contributed by atoms with E-state index in [-0.39, 0.29) is 0 Å². The van der Waals surface area contributed by atoms with Gasteiger partial charge in [0.05, 0.1) is 27.3 Å². The van der Waals surface area contributed by atoms with Gasteiger partial charge in [0.25, 0.3) is 0 Å². The minimum absolute atomic E-state index is 1.29. The molecule has 2 nitrogen and oxygen atoms in total. The van der Waals surface area contributed by atoms with Crippen LogP contribution in [0, 0.1) is 20.8 Å². The Kier molecular flexibility index (Phi) is 2.65. The summed E-state index contributed by atoms with van der Waals surface area (Å²) >= 11 is 0. The fourth-order valence-corrected chi connectivity index (χ4v) is 4.95. The van der Waals surface area contributed by atoms with Crippen LogP contribution in [0.5, 0.6) is 0 Å². The standard InChI is InChI=1S/C25H21N2/c1-14-8-9-20-18(12-14)19-13-15(2)16(3)22-24(19)27(20)21-7-5-6-17-10-11-26(4)25(22)23(17)21/h5-13H,1-4H3/q+1. The van der Waals surface area contributed by atoms with Crippen molar-refractivity contribution in [3.63, 3.8) is 0 Å². The van der Waals surface area contributed by atoms with Gasteiger partial charge in [-0.05, 0) is 61.5 Å². The number of nitrogens with zero attached hydrogens (tertiary/aromatic N) is 2. The summed E-state index contributed by atoms with van der Waals surface area (Å²) in [6, 6.07) is 18.1. The number of aryl methyl sites for hydroxylation is 4. The number of pyridine rings is 2. The maximum Gasteiger partial charge on any atom is 0.224 e. The zero-order valence-electron chi connectivity index (χ0n) is 16.1. The molecule has 0 fully saturated rings. The molecular formula is C25H21N2+. The van der Waals surface area contributed by atoms with E-state index in [0.29, 0.717) is 0 Å². The number of aromatic nitrogens is 2. The minimum atomic E-state index is 1.29. The molecule has 0 N–H and O–H groups in total. The molecule has 3 aromatic carbocycles. The number of fused-ring (bicyclic) bond motifs is 5. The normalized spacial score (nSPS) is 12.4. The van der Waals surface area contributed by atoms with Crippen molar-refractivity contribution in [1.82, 2.24) is 4.40 Å². The topological polar surface area (TPSA) is 8.29 Å². The van der Waals surface area contributed by atoms with E-state index in [0.717, 1.165) is 0 Å². The molecule has 0 saturated carbocycles. The molecule has 0 spiro atoms. The first kappa shape index (κ1) is 15.0. The van der Waals surface area contributed by atoms with Crippen LogP contribution in [0.15, 0.2) is 54.7 Å². The number of hydrogen-bond donors (Lipinski definition) is 0. The van der Waals surface area contributed by atoms with Gasteiger partial charge in [-0.3, -0.25) is 0 Å². The third-order valence-electron chi connectivity index (χ3n) is 6.35. The van der Waals surface area contributed by atoms with Crippen LogP contribution in [0.4, 0.5) is 0 Å². The summed E-state index contributed by atoms with van der Waals surface area (Å²) in [6.45, 7) is 6.69. The Labute approximate surface area is 157 Å². The Morgan fingerprint density at radius 3 is 2.52 bits per heavy atom. The number of benzene rings is 3. The van der Waals surface area contributed by atoms with E-state index in [4.69, 9.17) is 0 Å². The van der Waals surface area contributed by atoms with Crippen molar-refractivity contribution < 1.29 is 4.57 Å². The van der Waals surface area contributed by atoms with Crippen LogP contribution < -0.4 is 4.57 Å². The number of rotatable bonds is 0. The van der Waals surface area contributed by atoms with Crippen molar-refractivity contribution >= 4 is 49.0 Å². The molecule has 0 aliphatic rings. The Bertz CT molecular complexity index is 1550. The predicted octanol–water partition coefficient (Wildman–Crippen LogP) is 5.74. The summed E-state index contributed by atoms with van der Waals surface area (Å²) in [7, 11) is 2.17. The fourth-order valence-electron chi connectivity index (χ4n) is 4.95. The number of hydrogen-bond acceptors (Lipinski definition) is 0. The van der Waals surface area contributed by atoms with E-state index in [2.05, 4.69) is 91.5 Å². The van der Waals surface area contributed by atoms with Crippen LogP contribution in [-0.4, -0.2) is 4.40 Å². The molecule has 0 amide bonds. The molecule has 2 heteroatoms. The highest BCUT2D eigenvalue weighted by Crippen LogP contribution is 2.41. The highest BCUT2D eigenvalue weighted by atomic mass is 14.9. The van der Waals surface area contributed by atoms with Gasteiger partial charge >= 0.3 is 0 Å². The second-order valence-electron chi connectivity index (χ2n) is 7.96. The highest BCUT2D eigenvalue weighted by molar-refractivity contribution is 6.26.